The number of carbonyl (C=O) groups is 1. The summed E-state index contributed by atoms with van der Waals surface area (Å²) in [6, 6.07) is 26.5. The summed E-state index contributed by atoms with van der Waals surface area (Å²) in [5.74, 6) is 0.872. The third kappa shape index (κ3) is 5.50. The molecular weight excluding hydrogens is 438 g/mol. The Labute approximate surface area is 207 Å². The van der Waals surface area contributed by atoms with Gasteiger partial charge in [0, 0.05) is 32.1 Å². The zero-order valence-electron chi connectivity index (χ0n) is 20.2. The monoisotopic (exact) mass is 471 g/mol. The molecule has 182 valence electrons. The first-order valence-corrected chi connectivity index (χ1v) is 12.4. The molecule has 2 aliphatic heterocycles. The number of rotatable bonds is 7. The van der Waals surface area contributed by atoms with Crippen LogP contribution in [0.1, 0.15) is 34.6 Å². The van der Waals surface area contributed by atoms with Crippen LogP contribution in [-0.2, 0) is 13.2 Å². The number of ether oxygens (including phenoxy) is 1. The standard InChI is InChI=1S/C29H33N3O3/c1-22-7-9-23(10-8-22)19-30-17-18-32(29(30)34)31-16-15-27(28(33)20-31)25-11-13-26(14-12-25)35-21-24-5-3-2-4-6-24/h2-14,27-28,33H,15-21H2,1H3/t27-,28+/m1/s1. The number of hydrazine groups is 1. The van der Waals surface area contributed by atoms with Crippen molar-refractivity contribution in [3.8, 4) is 5.75 Å². The van der Waals surface area contributed by atoms with Gasteiger partial charge in [0.15, 0.2) is 0 Å². The lowest BCUT2D eigenvalue weighted by Gasteiger charge is -2.40. The van der Waals surface area contributed by atoms with Crippen molar-refractivity contribution in [1.82, 2.24) is 14.9 Å². The smallest absolute Gasteiger partial charge is 0.334 e. The summed E-state index contributed by atoms with van der Waals surface area (Å²) >= 11 is 0. The van der Waals surface area contributed by atoms with Gasteiger partial charge in [-0.3, -0.25) is 5.01 Å². The normalized spacial score (nSPS) is 20.9. The summed E-state index contributed by atoms with van der Waals surface area (Å²) in [4.78, 5) is 14.9. The first kappa shape index (κ1) is 23.4. The van der Waals surface area contributed by atoms with Crippen LogP contribution in [0, 0.1) is 6.92 Å². The second kappa shape index (κ2) is 10.5. The third-order valence-corrected chi connectivity index (χ3v) is 7.03. The number of benzene rings is 3. The lowest BCUT2D eigenvalue weighted by Crippen LogP contribution is -2.53. The second-order valence-corrected chi connectivity index (χ2v) is 9.53. The number of aliphatic hydroxyl groups excluding tert-OH is 1. The van der Waals surface area contributed by atoms with Crippen molar-refractivity contribution in [2.75, 3.05) is 26.2 Å². The van der Waals surface area contributed by atoms with Gasteiger partial charge >= 0.3 is 6.03 Å². The van der Waals surface area contributed by atoms with Crippen LogP contribution in [-0.4, -0.2) is 58.3 Å². The molecule has 6 heteroatoms. The average molecular weight is 472 g/mol. The first-order valence-electron chi connectivity index (χ1n) is 12.4. The molecule has 35 heavy (non-hydrogen) atoms. The molecule has 2 aliphatic rings. The van der Waals surface area contributed by atoms with Crippen molar-refractivity contribution in [2.24, 2.45) is 0 Å². The van der Waals surface area contributed by atoms with Crippen molar-refractivity contribution in [1.29, 1.82) is 0 Å². The van der Waals surface area contributed by atoms with Crippen molar-refractivity contribution in [3.63, 3.8) is 0 Å². The van der Waals surface area contributed by atoms with Crippen molar-refractivity contribution in [3.05, 3.63) is 101 Å². The highest BCUT2D eigenvalue weighted by Gasteiger charge is 2.37. The van der Waals surface area contributed by atoms with E-state index >= 15 is 0 Å². The van der Waals surface area contributed by atoms with E-state index in [1.165, 1.54) is 5.56 Å². The lowest BCUT2D eigenvalue weighted by molar-refractivity contribution is -0.0459. The number of hydrogen-bond donors (Lipinski definition) is 1. The van der Waals surface area contributed by atoms with E-state index in [0.717, 1.165) is 35.4 Å². The van der Waals surface area contributed by atoms with E-state index < -0.39 is 6.10 Å². The van der Waals surface area contributed by atoms with Gasteiger partial charge < -0.3 is 14.7 Å². The summed E-state index contributed by atoms with van der Waals surface area (Å²) in [5, 5.41) is 14.8. The Morgan fingerprint density at radius 1 is 0.886 bits per heavy atom. The number of nitrogens with zero attached hydrogens (tertiary/aromatic N) is 3. The molecule has 0 unspecified atom stereocenters. The summed E-state index contributed by atoms with van der Waals surface area (Å²) < 4.78 is 5.90. The van der Waals surface area contributed by atoms with Gasteiger partial charge in [-0.05, 0) is 42.2 Å². The van der Waals surface area contributed by atoms with Crippen LogP contribution < -0.4 is 4.74 Å². The number of piperidine rings is 1. The van der Waals surface area contributed by atoms with Gasteiger partial charge in [0.05, 0.1) is 12.6 Å². The third-order valence-electron chi connectivity index (χ3n) is 7.03. The minimum absolute atomic E-state index is 0.0242. The quantitative estimate of drug-likeness (QED) is 0.548. The number of aliphatic hydroxyl groups is 1. The number of urea groups is 1. The van der Waals surface area contributed by atoms with E-state index in [0.29, 0.717) is 32.8 Å². The zero-order valence-corrected chi connectivity index (χ0v) is 20.2. The van der Waals surface area contributed by atoms with E-state index in [1.807, 2.05) is 69.5 Å². The van der Waals surface area contributed by atoms with Gasteiger partial charge in [-0.1, -0.05) is 72.3 Å². The highest BCUT2D eigenvalue weighted by atomic mass is 16.5. The Kier molecular flexibility index (Phi) is 7.02. The van der Waals surface area contributed by atoms with Crippen LogP contribution in [0.4, 0.5) is 4.79 Å². The average Bonchev–Trinajstić information content (AvgIpc) is 3.25. The van der Waals surface area contributed by atoms with E-state index in [2.05, 4.69) is 31.2 Å². The largest absolute Gasteiger partial charge is 0.489 e. The molecule has 2 fully saturated rings. The van der Waals surface area contributed by atoms with E-state index in [9.17, 15) is 9.90 Å². The van der Waals surface area contributed by atoms with E-state index in [1.54, 1.807) is 0 Å². The van der Waals surface area contributed by atoms with Crippen LogP contribution in [0.25, 0.3) is 0 Å². The molecule has 0 aliphatic carbocycles. The molecule has 1 N–H and O–H groups in total. The molecule has 6 nitrogen and oxygen atoms in total. The van der Waals surface area contributed by atoms with Crippen molar-refractivity contribution < 1.29 is 14.6 Å². The van der Waals surface area contributed by atoms with Gasteiger partial charge in [0.1, 0.15) is 12.4 Å². The summed E-state index contributed by atoms with van der Waals surface area (Å²) in [5.41, 5.74) is 4.60. The molecule has 0 radical (unpaired) electrons. The Morgan fingerprint density at radius 2 is 1.63 bits per heavy atom. The Morgan fingerprint density at radius 3 is 2.34 bits per heavy atom. The fraction of sp³-hybridized carbons (Fsp3) is 0.345. The highest BCUT2D eigenvalue weighted by Crippen LogP contribution is 2.31. The number of amides is 2. The second-order valence-electron chi connectivity index (χ2n) is 9.53. The predicted octanol–water partition coefficient (Wildman–Crippen LogP) is 4.58. The number of hydrogen-bond acceptors (Lipinski definition) is 4. The Hall–Kier alpha value is -3.35. The molecule has 2 saturated heterocycles. The van der Waals surface area contributed by atoms with Crippen LogP contribution in [0.15, 0.2) is 78.9 Å². The van der Waals surface area contributed by atoms with Gasteiger partial charge in [-0.15, -0.1) is 0 Å². The molecular formula is C29H33N3O3. The van der Waals surface area contributed by atoms with Crippen LogP contribution >= 0.6 is 0 Å². The summed E-state index contributed by atoms with van der Waals surface area (Å²) in [6.45, 7) is 5.79. The highest BCUT2D eigenvalue weighted by molar-refractivity contribution is 5.76. The molecule has 2 heterocycles. The van der Waals surface area contributed by atoms with Gasteiger partial charge in [-0.25, -0.2) is 9.80 Å². The van der Waals surface area contributed by atoms with Crippen LogP contribution in [0.3, 0.4) is 0 Å². The molecule has 2 atom stereocenters. The van der Waals surface area contributed by atoms with Gasteiger partial charge in [0.25, 0.3) is 0 Å². The number of β-amino-alcohol motifs (C(OH)–C–C–N with tert-alkyl or cyclic N) is 1. The number of aryl methyl sites for hydroxylation is 1. The first-order chi connectivity index (χ1) is 17.1. The minimum Gasteiger partial charge on any atom is -0.489 e. The fourth-order valence-electron chi connectivity index (χ4n) is 4.97. The maximum Gasteiger partial charge on any atom is 0.334 e. The molecule has 0 aromatic heterocycles. The zero-order chi connectivity index (χ0) is 24.2. The summed E-state index contributed by atoms with van der Waals surface area (Å²) in [6.07, 6.45) is 0.270. The van der Waals surface area contributed by atoms with Crippen LogP contribution in [0.2, 0.25) is 0 Å². The topological polar surface area (TPSA) is 56.3 Å². The van der Waals surface area contributed by atoms with E-state index in [-0.39, 0.29) is 11.9 Å². The molecule has 5 rings (SSSR count). The SMILES string of the molecule is Cc1ccc(CN2CCN(N3CC[C@H](c4ccc(OCc5ccccc5)cc4)[C@@H](O)C3)C2=O)cc1. The molecule has 0 spiro atoms. The van der Waals surface area contributed by atoms with Gasteiger partial charge in [0.2, 0.25) is 0 Å². The van der Waals surface area contributed by atoms with Crippen molar-refractivity contribution in [2.45, 2.75) is 38.5 Å². The molecule has 0 bridgehead atoms. The molecule has 3 aromatic rings. The maximum absolute atomic E-state index is 13.1. The maximum atomic E-state index is 13.1. The van der Waals surface area contributed by atoms with E-state index in [4.69, 9.17) is 4.74 Å². The lowest BCUT2D eigenvalue weighted by atomic mass is 9.87. The Bertz CT molecular complexity index is 1120. The molecule has 0 saturated carbocycles. The Balaban J connectivity index is 1.14. The van der Waals surface area contributed by atoms with Crippen LogP contribution in [0.5, 0.6) is 5.75 Å². The number of carbonyl (C=O) groups excluding carboxylic acids is 1. The summed E-state index contributed by atoms with van der Waals surface area (Å²) in [7, 11) is 0. The van der Waals surface area contributed by atoms with Gasteiger partial charge in [-0.2, -0.15) is 0 Å². The van der Waals surface area contributed by atoms with Crippen molar-refractivity contribution >= 4 is 6.03 Å². The molecule has 3 aromatic carbocycles. The molecule has 2 amide bonds. The predicted molar refractivity (Wildman–Crippen MR) is 136 cm³/mol. The fourth-order valence-corrected chi connectivity index (χ4v) is 4.97. The minimum atomic E-state index is -0.529.